The Kier molecular flexibility index (Phi) is 5.73. The van der Waals surface area contributed by atoms with Gasteiger partial charge in [-0.25, -0.2) is 22.1 Å². The summed E-state index contributed by atoms with van der Waals surface area (Å²) in [5, 5.41) is 4.45. The molecule has 2 unspecified atom stereocenters. The first kappa shape index (κ1) is 22.0. The molecule has 0 spiro atoms. The molecule has 4 nitrogen and oxygen atoms in total. The van der Waals surface area contributed by atoms with Gasteiger partial charge in [0.2, 0.25) is 0 Å². The fourth-order valence-corrected chi connectivity index (χ4v) is 4.11. The number of aromatic nitrogens is 2. The highest BCUT2D eigenvalue weighted by atomic mass is 32.2. The highest BCUT2D eigenvalue weighted by molar-refractivity contribution is 7.84. The summed E-state index contributed by atoms with van der Waals surface area (Å²) in [5.41, 5.74) is 0.441. The van der Waals surface area contributed by atoms with Crippen molar-refractivity contribution in [3.63, 3.8) is 0 Å². The van der Waals surface area contributed by atoms with Gasteiger partial charge in [0.1, 0.15) is 5.82 Å². The standard InChI is InChI=1S/C21H28F3N3OS/c1-20(2,3)27-19(13-9-16(23)17(24)10-15(13)22)14(11-25-27)18(12-7-8-12)26-29(28)21(4,5)6/h9-12,18,26H,7-8H2,1-6H3. The Morgan fingerprint density at radius 3 is 2.17 bits per heavy atom. The Morgan fingerprint density at radius 2 is 1.66 bits per heavy atom. The van der Waals surface area contributed by atoms with Crippen LogP contribution in [0.3, 0.4) is 0 Å². The summed E-state index contributed by atoms with van der Waals surface area (Å²) in [4.78, 5) is 0. The van der Waals surface area contributed by atoms with Gasteiger partial charge in [0.15, 0.2) is 11.6 Å². The van der Waals surface area contributed by atoms with Crippen molar-refractivity contribution in [2.75, 3.05) is 0 Å². The van der Waals surface area contributed by atoms with E-state index in [1.54, 1.807) is 10.9 Å². The molecule has 2 aromatic rings. The Hall–Kier alpha value is -1.67. The van der Waals surface area contributed by atoms with Gasteiger partial charge in [-0.15, -0.1) is 0 Å². The van der Waals surface area contributed by atoms with E-state index in [0.717, 1.165) is 18.9 Å². The molecule has 1 fully saturated rings. The van der Waals surface area contributed by atoms with Crippen LogP contribution < -0.4 is 4.72 Å². The van der Waals surface area contributed by atoms with E-state index in [2.05, 4.69) is 9.82 Å². The molecule has 0 saturated heterocycles. The van der Waals surface area contributed by atoms with Crippen LogP contribution in [0.4, 0.5) is 13.2 Å². The summed E-state index contributed by atoms with van der Waals surface area (Å²) in [6.07, 6.45) is 3.51. The van der Waals surface area contributed by atoms with Gasteiger partial charge in [-0.3, -0.25) is 4.68 Å². The Bertz CT molecular complexity index is 940. The molecule has 160 valence electrons. The van der Waals surface area contributed by atoms with Crippen molar-refractivity contribution in [1.29, 1.82) is 0 Å². The largest absolute Gasteiger partial charge is 0.259 e. The fourth-order valence-electron chi connectivity index (χ4n) is 3.21. The van der Waals surface area contributed by atoms with Gasteiger partial charge < -0.3 is 0 Å². The maximum Gasteiger partial charge on any atom is 0.161 e. The van der Waals surface area contributed by atoms with Gasteiger partial charge in [0.05, 0.1) is 39.2 Å². The lowest BCUT2D eigenvalue weighted by molar-refractivity contribution is 0.359. The second kappa shape index (κ2) is 7.54. The first-order valence-electron chi connectivity index (χ1n) is 9.72. The zero-order valence-electron chi connectivity index (χ0n) is 17.6. The minimum atomic E-state index is -1.35. The van der Waals surface area contributed by atoms with E-state index in [-0.39, 0.29) is 17.5 Å². The molecule has 8 heteroatoms. The third-order valence-electron chi connectivity index (χ3n) is 4.92. The summed E-state index contributed by atoms with van der Waals surface area (Å²) in [6, 6.07) is 1.10. The molecule has 1 aromatic heterocycles. The van der Waals surface area contributed by atoms with E-state index < -0.39 is 38.7 Å². The lowest BCUT2D eigenvalue weighted by Crippen LogP contribution is -2.36. The Balaban J connectivity index is 2.18. The summed E-state index contributed by atoms with van der Waals surface area (Å²) in [6.45, 7) is 11.3. The van der Waals surface area contributed by atoms with Gasteiger partial charge in [-0.2, -0.15) is 5.10 Å². The highest BCUT2D eigenvalue weighted by Crippen LogP contribution is 2.45. The molecule has 29 heavy (non-hydrogen) atoms. The third kappa shape index (κ3) is 4.58. The first-order chi connectivity index (χ1) is 13.3. The Labute approximate surface area is 172 Å². The summed E-state index contributed by atoms with van der Waals surface area (Å²) >= 11 is 0. The van der Waals surface area contributed by atoms with Gasteiger partial charge in [0, 0.05) is 17.2 Å². The minimum absolute atomic E-state index is 0.0553. The summed E-state index contributed by atoms with van der Waals surface area (Å²) < 4.78 is 59.4. The van der Waals surface area contributed by atoms with Crippen molar-refractivity contribution >= 4 is 11.0 Å². The summed E-state index contributed by atoms with van der Waals surface area (Å²) in [7, 11) is -1.35. The number of nitrogens with one attached hydrogen (secondary N) is 1. The molecule has 2 atom stereocenters. The topological polar surface area (TPSA) is 46.9 Å². The molecule has 1 aliphatic carbocycles. The quantitative estimate of drug-likeness (QED) is 0.665. The lowest BCUT2D eigenvalue weighted by atomic mass is 9.97. The predicted molar refractivity (Wildman–Crippen MR) is 109 cm³/mol. The average Bonchev–Trinajstić information content (AvgIpc) is 3.32. The van der Waals surface area contributed by atoms with Crippen LogP contribution in [0.15, 0.2) is 18.3 Å². The van der Waals surface area contributed by atoms with E-state index in [1.165, 1.54) is 0 Å². The zero-order chi connectivity index (χ0) is 21.7. The normalized spacial score (nSPS) is 17.4. The van der Waals surface area contributed by atoms with Crippen molar-refractivity contribution in [1.82, 2.24) is 14.5 Å². The molecule has 1 aromatic carbocycles. The number of rotatable bonds is 5. The molecule has 0 aliphatic heterocycles. The second-order valence-electron chi connectivity index (χ2n) is 9.59. The van der Waals surface area contributed by atoms with Crippen LogP contribution in [0.5, 0.6) is 0 Å². The molecular formula is C21H28F3N3OS. The number of hydrogen-bond acceptors (Lipinski definition) is 2. The van der Waals surface area contributed by atoms with Crippen molar-refractivity contribution in [2.24, 2.45) is 5.92 Å². The molecule has 0 bridgehead atoms. The molecule has 0 amide bonds. The molecule has 1 heterocycles. The highest BCUT2D eigenvalue weighted by Gasteiger charge is 2.39. The molecule has 1 aliphatic rings. The van der Waals surface area contributed by atoms with E-state index >= 15 is 0 Å². The molecular weight excluding hydrogens is 399 g/mol. The van der Waals surface area contributed by atoms with Crippen LogP contribution in [0, 0.1) is 23.4 Å². The van der Waals surface area contributed by atoms with Crippen LogP contribution in [-0.4, -0.2) is 18.7 Å². The maximum absolute atomic E-state index is 14.7. The van der Waals surface area contributed by atoms with Gasteiger partial charge in [-0.1, -0.05) is 0 Å². The van der Waals surface area contributed by atoms with E-state index in [9.17, 15) is 17.4 Å². The molecule has 3 rings (SSSR count). The van der Waals surface area contributed by atoms with Crippen molar-refractivity contribution in [3.05, 3.63) is 41.3 Å². The first-order valence-corrected chi connectivity index (χ1v) is 10.9. The SMILES string of the molecule is CC(C)(C)n1ncc(C(NS(=O)C(C)(C)C)C2CC2)c1-c1cc(F)c(F)cc1F. The van der Waals surface area contributed by atoms with E-state index in [4.69, 9.17) is 0 Å². The second-order valence-corrected chi connectivity index (χ2v) is 11.6. The fraction of sp³-hybridized carbons (Fsp3) is 0.571. The third-order valence-corrected chi connectivity index (χ3v) is 6.50. The zero-order valence-corrected chi connectivity index (χ0v) is 18.5. The lowest BCUT2D eigenvalue weighted by Gasteiger charge is -2.27. The minimum Gasteiger partial charge on any atom is -0.259 e. The predicted octanol–water partition coefficient (Wildman–Crippen LogP) is 5.23. The van der Waals surface area contributed by atoms with Gasteiger partial charge in [0.25, 0.3) is 0 Å². The maximum atomic E-state index is 14.7. The van der Waals surface area contributed by atoms with Crippen LogP contribution >= 0.6 is 0 Å². The van der Waals surface area contributed by atoms with E-state index in [0.29, 0.717) is 17.3 Å². The smallest absolute Gasteiger partial charge is 0.161 e. The molecule has 1 N–H and O–H groups in total. The van der Waals surface area contributed by atoms with Crippen LogP contribution in [0.1, 0.15) is 66.0 Å². The number of halogens is 3. The number of hydrogen-bond donors (Lipinski definition) is 1. The summed E-state index contributed by atoms with van der Waals surface area (Å²) in [5.74, 6) is -2.99. The van der Waals surface area contributed by atoms with Crippen LogP contribution in [-0.2, 0) is 16.5 Å². The van der Waals surface area contributed by atoms with Gasteiger partial charge >= 0.3 is 0 Å². The average molecular weight is 428 g/mol. The van der Waals surface area contributed by atoms with Crippen molar-refractivity contribution in [3.8, 4) is 11.3 Å². The van der Waals surface area contributed by atoms with Gasteiger partial charge in [-0.05, 0) is 66.4 Å². The number of nitrogens with zero attached hydrogens (tertiary/aromatic N) is 2. The number of benzene rings is 1. The van der Waals surface area contributed by atoms with Crippen LogP contribution in [0.2, 0.25) is 0 Å². The van der Waals surface area contributed by atoms with Crippen LogP contribution in [0.25, 0.3) is 11.3 Å². The molecule has 1 saturated carbocycles. The van der Waals surface area contributed by atoms with E-state index in [1.807, 2.05) is 41.5 Å². The van der Waals surface area contributed by atoms with Crippen molar-refractivity contribution < 1.29 is 17.4 Å². The molecule has 0 radical (unpaired) electrons. The van der Waals surface area contributed by atoms with Crippen molar-refractivity contribution in [2.45, 2.75) is 70.7 Å². The monoisotopic (exact) mass is 427 g/mol. The Morgan fingerprint density at radius 1 is 1.07 bits per heavy atom.